The van der Waals surface area contributed by atoms with Crippen molar-refractivity contribution in [2.45, 2.75) is 12.8 Å². The van der Waals surface area contributed by atoms with Gasteiger partial charge in [-0.1, -0.05) is 0 Å². The molecule has 0 unspecified atom stereocenters. The Morgan fingerprint density at radius 1 is 1.16 bits per heavy atom. The van der Waals surface area contributed by atoms with Crippen LogP contribution in [-0.2, 0) is 0 Å². The molecule has 4 rings (SSSR count). The molecule has 1 aliphatic carbocycles. The molecule has 3 heterocycles. The largest absolute Gasteiger partial charge is 0.574 e. The molecule has 14 heteroatoms. The highest BCUT2D eigenvalue weighted by atomic mass is 19.4. The van der Waals surface area contributed by atoms with Gasteiger partial charge in [-0.15, -0.1) is 13.2 Å². The van der Waals surface area contributed by atoms with Crippen LogP contribution in [0.25, 0.3) is 27.9 Å². The van der Waals surface area contributed by atoms with Crippen molar-refractivity contribution >= 4 is 22.4 Å². The van der Waals surface area contributed by atoms with Gasteiger partial charge in [0.15, 0.2) is 6.61 Å². The summed E-state index contributed by atoms with van der Waals surface area (Å²) >= 11 is 0. The van der Waals surface area contributed by atoms with E-state index in [0.29, 0.717) is 5.57 Å². The van der Waals surface area contributed by atoms with Crippen LogP contribution in [0.3, 0.4) is 0 Å². The number of halogens is 5. The Bertz CT molecular complexity index is 1490. The summed E-state index contributed by atoms with van der Waals surface area (Å²) in [5.74, 6) is -0.954. The lowest BCUT2D eigenvalue weighted by molar-refractivity contribution is -0.276. The van der Waals surface area contributed by atoms with E-state index in [0.717, 1.165) is 16.9 Å². The zero-order valence-corrected chi connectivity index (χ0v) is 18.9. The summed E-state index contributed by atoms with van der Waals surface area (Å²) < 4.78 is 72.6. The number of fused-ring (bicyclic) bond motifs is 1. The average Bonchev–Trinajstić information content (AvgIpc) is 2.84. The van der Waals surface area contributed by atoms with Gasteiger partial charge in [0.1, 0.15) is 11.0 Å². The summed E-state index contributed by atoms with van der Waals surface area (Å²) in [6, 6.07) is 4.79. The fraction of sp³-hybridized carbons (Fsp3) is 0.174. The Labute approximate surface area is 205 Å². The summed E-state index contributed by atoms with van der Waals surface area (Å²) in [7, 11) is 1.64. The Morgan fingerprint density at radius 3 is 2.57 bits per heavy atom. The van der Waals surface area contributed by atoms with E-state index in [1.54, 1.807) is 13.2 Å². The van der Waals surface area contributed by atoms with Crippen molar-refractivity contribution in [2.75, 3.05) is 13.7 Å². The molecule has 3 aromatic rings. The smallest absolute Gasteiger partial charge is 0.472 e. The number of hydrogen-bond acceptors (Lipinski definition) is 8. The molecule has 0 saturated heterocycles. The predicted molar refractivity (Wildman–Crippen MR) is 123 cm³/mol. The molecule has 0 radical (unpaired) electrons. The van der Waals surface area contributed by atoms with Gasteiger partial charge in [0.2, 0.25) is 11.8 Å². The molecule has 0 aliphatic heterocycles. The number of nitrogens with one attached hydrogen (secondary N) is 2. The second kappa shape index (κ2) is 10.2. The Morgan fingerprint density at radius 2 is 1.92 bits per heavy atom. The highest BCUT2D eigenvalue weighted by Crippen LogP contribution is 2.28. The van der Waals surface area contributed by atoms with Crippen LogP contribution in [0, 0.1) is 5.41 Å². The van der Waals surface area contributed by atoms with Crippen molar-refractivity contribution in [1.29, 1.82) is 5.41 Å². The molecule has 0 fully saturated rings. The summed E-state index contributed by atoms with van der Waals surface area (Å²) in [5, 5.41) is 15.1. The first-order valence-electron chi connectivity index (χ1n) is 10.5. The molecule has 0 bridgehead atoms. The molecule has 0 spiro atoms. The van der Waals surface area contributed by atoms with Crippen molar-refractivity contribution in [3.63, 3.8) is 0 Å². The maximum Gasteiger partial charge on any atom is 0.574 e. The molecular weight excluding hydrogens is 503 g/mol. The maximum absolute atomic E-state index is 13.6. The molecule has 37 heavy (non-hydrogen) atoms. The number of hydrogen-bond donors (Lipinski definition) is 2. The van der Waals surface area contributed by atoms with Crippen LogP contribution in [-0.4, -0.2) is 51.9 Å². The highest BCUT2D eigenvalue weighted by molar-refractivity contribution is 6.12. The van der Waals surface area contributed by atoms with Gasteiger partial charge in [-0.2, -0.15) is 9.78 Å². The summed E-state index contributed by atoms with van der Waals surface area (Å²) in [4.78, 5) is 21.4. The van der Waals surface area contributed by atoms with E-state index in [-0.39, 0.29) is 39.4 Å². The third kappa shape index (κ3) is 5.79. The fourth-order valence-electron chi connectivity index (χ4n) is 3.39. The summed E-state index contributed by atoms with van der Waals surface area (Å²) in [6.07, 6.45) is -0.701. The van der Waals surface area contributed by atoms with Gasteiger partial charge in [-0.25, -0.2) is 18.7 Å². The monoisotopic (exact) mass is 520 g/mol. The van der Waals surface area contributed by atoms with E-state index < -0.39 is 30.8 Å². The molecule has 1 aliphatic rings. The minimum atomic E-state index is -4.96. The molecule has 9 nitrogen and oxygen atoms in total. The normalized spacial score (nSPS) is 14.8. The Hall–Kier alpha value is -4.62. The zero-order valence-electron chi connectivity index (χ0n) is 18.9. The van der Waals surface area contributed by atoms with Gasteiger partial charge in [-0.3, -0.25) is 4.79 Å². The standard InChI is InChI=1S/C23H17F5N6O3/c1-30-9-13-8-14(3-4-15(13)29)34-22(35)20(12-2-6-18(31-10-12)37-23(26,27)28)21-16(33-34)5-7-19(32-21)36-11-17(24)25/h2-10,17,29-30H,11H2,1H3/b13-9-,29-15?. The van der Waals surface area contributed by atoms with E-state index in [2.05, 4.69) is 25.1 Å². The van der Waals surface area contributed by atoms with Crippen molar-refractivity contribution in [2.24, 2.45) is 0 Å². The van der Waals surface area contributed by atoms with Gasteiger partial charge < -0.3 is 20.2 Å². The average molecular weight is 520 g/mol. The molecule has 0 amide bonds. The van der Waals surface area contributed by atoms with Gasteiger partial charge in [0.05, 0.1) is 17.0 Å². The number of allylic oxidation sites excluding steroid dienone is 5. The number of rotatable bonds is 7. The van der Waals surface area contributed by atoms with E-state index in [9.17, 15) is 26.7 Å². The number of nitrogens with zero attached hydrogens (tertiary/aromatic N) is 4. The van der Waals surface area contributed by atoms with Gasteiger partial charge >= 0.3 is 6.36 Å². The van der Waals surface area contributed by atoms with Crippen LogP contribution in [0.15, 0.2) is 65.3 Å². The Kier molecular flexibility index (Phi) is 7.00. The highest BCUT2D eigenvalue weighted by Gasteiger charge is 2.31. The summed E-state index contributed by atoms with van der Waals surface area (Å²) in [6.45, 7) is -0.937. The van der Waals surface area contributed by atoms with Gasteiger partial charge in [0, 0.05) is 42.7 Å². The molecule has 0 aromatic carbocycles. The van der Waals surface area contributed by atoms with E-state index >= 15 is 0 Å². The lowest BCUT2D eigenvalue weighted by Gasteiger charge is -2.15. The van der Waals surface area contributed by atoms with Crippen LogP contribution in [0.4, 0.5) is 22.0 Å². The number of alkyl halides is 5. The predicted octanol–water partition coefficient (Wildman–Crippen LogP) is 3.93. The molecule has 0 saturated carbocycles. The van der Waals surface area contributed by atoms with Gasteiger partial charge in [0.25, 0.3) is 12.0 Å². The minimum Gasteiger partial charge on any atom is -0.472 e. The number of aromatic nitrogens is 4. The second-order valence-corrected chi connectivity index (χ2v) is 7.45. The van der Waals surface area contributed by atoms with Gasteiger partial charge in [-0.05, 0) is 30.4 Å². The third-order valence-electron chi connectivity index (χ3n) is 4.88. The van der Waals surface area contributed by atoms with Crippen molar-refractivity contribution in [3.8, 4) is 22.9 Å². The lowest BCUT2D eigenvalue weighted by atomic mass is 10.0. The van der Waals surface area contributed by atoms with Crippen LogP contribution in [0.5, 0.6) is 11.8 Å². The molecule has 3 aromatic heterocycles. The van der Waals surface area contributed by atoms with Crippen LogP contribution < -0.4 is 20.3 Å². The van der Waals surface area contributed by atoms with Crippen molar-refractivity contribution in [1.82, 2.24) is 25.1 Å². The summed E-state index contributed by atoms with van der Waals surface area (Å²) in [5.41, 5.74) is 0.255. The van der Waals surface area contributed by atoms with Crippen LogP contribution in [0.1, 0.15) is 0 Å². The molecule has 0 atom stereocenters. The Balaban J connectivity index is 1.91. The maximum atomic E-state index is 13.6. The van der Waals surface area contributed by atoms with E-state index in [4.69, 9.17) is 10.1 Å². The van der Waals surface area contributed by atoms with Crippen LogP contribution in [0.2, 0.25) is 0 Å². The molecule has 192 valence electrons. The van der Waals surface area contributed by atoms with E-state index in [1.807, 2.05) is 0 Å². The lowest BCUT2D eigenvalue weighted by Crippen LogP contribution is -2.25. The van der Waals surface area contributed by atoms with E-state index in [1.165, 1.54) is 36.4 Å². The van der Waals surface area contributed by atoms with Crippen LogP contribution >= 0.6 is 0 Å². The first kappa shape index (κ1) is 25.5. The number of pyridine rings is 2. The first-order valence-corrected chi connectivity index (χ1v) is 10.5. The topological polar surface area (TPSA) is 115 Å². The zero-order chi connectivity index (χ0) is 26.7. The van der Waals surface area contributed by atoms with Crippen molar-refractivity contribution < 1.29 is 31.4 Å². The molecule has 2 N–H and O–H groups in total. The third-order valence-corrected chi connectivity index (χ3v) is 4.88. The van der Waals surface area contributed by atoms with Crippen molar-refractivity contribution in [3.05, 3.63) is 70.8 Å². The number of ether oxygens (including phenoxy) is 2. The first-order chi connectivity index (χ1) is 17.6. The second-order valence-electron chi connectivity index (χ2n) is 7.45. The minimum absolute atomic E-state index is 0.0431. The quantitative estimate of drug-likeness (QED) is 0.454. The fourth-order valence-corrected chi connectivity index (χ4v) is 3.39. The SMILES string of the molecule is CN/C=C1/C=C(n2nc3ccc(OCC(F)F)nc3c(-c3ccc(OC(F)(F)F)nc3)c2=O)C=CC1=N. The molecular formula is C23H17F5N6O3.